The largest absolute Gasteiger partial charge is 0.342 e. The molecule has 25 heavy (non-hydrogen) atoms. The van der Waals surface area contributed by atoms with Gasteiger partial charge in [0.1, 0.15) is 12.1 Å². The van der Waals surface area contributed by atoms with Crippen molar-refractivity contribution in [1.82, 2.24) is 20.0 Å². The van der Waals surface area contributed by atoms with Crippen LogP contribution in [0.5, 0.6) is 0 Å². The maximum absolute atomic E-state index is 12.8. The summed E-state index contributed by atoms with van der Waals surface area (Å²) in [5.74, 6) is 0.356. The minimum Gasteiger partial charge on any atom is -0.342 e. The SMILES string of the molecule is Cn1ccc(N2CCCC(NC(=O)C3CCC(=O)N3C3CC3)C2=O)n1. The molecule has 3 aliphatic rings. The van der Waals surface area contributed by atoms with Crippen LogP contribution >= 0.6 is 0 Å². The van der Waals surface area contributed by atoms with Crippen LogP contribution in [-0.4, -0.2) is 57.1 Å². The van der Waals surface area contributed by atoms with E-state index < -0.39 is 12.1 Å². The predicted octanol–water partition coefficient (Wildman–Crippen LogP) is 0.185. The first kappa shape index (κ1) is 16.1. The highest BCUT2D eigenvalue weighted by atomic mass is 16.2. The van der Waals surface area contributed by atoms with Gasteiger partial charge in [-0.1, -0.05) is 0 Å². The first-order chi connectivity index (χ1) is 12.0. The summed E-state index contributed by atoms with van der Waals surface area (Å²) in [6, 6.07) is 1.06. The Balaban J connectivity index is 1.43. The minimum absolute atomic E-state index is 0.0627. The molecular formula is C17H23N5O3. The molecule has 3 fully saturated rings. The summed E-state index contributed by atoms with van der Waals surface area (Å²) in [6.07, 6.45) is 6.15. The van der Waals surface area contributed by atoms with Crippen molar-refractivity contribution in [2.45, 2.75) is 56.7 Å². The van der Waals surface area contributed by atoms with Crippen LogP contribution in [0.15, 0.2) is 12.3 Å². The van der Waals surface area contributed by atoms with E-state index in [2.05, 4.69) is 10.4 Å². The fourth-order valence-corrected chi connectivity index (χ4v) is 3.82. The van der Waals surface area contributed by atoms with Gasteiger partial charge in [-0.3, -0.25) is 24.0 Å². The molecule has 0 bridgehead atoms. The predicted molar refractivity (Wildman–Crippen MR) is 89.6 cm³/mol. The van der Waals surface area contributed by atoms with Gasteiger partial charge in [-0.15, -0.1) is 0 Å². The van der Waals surface area contributed by atoms with Gasteiger partial charge in [-0.05, 0) is 32.1 Å². The molecule has 2 atom stereocenters. The third-order valence-electron chi connectivity index (χ3n) is 5.23. The average Bonchev–Trinajstić information content (AvgIpc) is 3.21. The quantitative estimate of drug-likeness (QED) is 0.844. The van der Waals surface area contributed by atoms with Crippen molar-refractivity contribution in [3.63, 3.8) is 0 Å². The van der Waals surface area contributed by atoms with Crippen molar-refractivity contribution < 1.29 is 14.4 Å². The van der Waals surface area contributed by atoms with Crippen molar-refractivity contribution in [3.05, 3.63) is 12.3 Å². The summed E-state index contributed by atoms with van der Waals surface area (Å²) in [5, 5.41) is 7.18. The lowest BCUT2D eigenvalue weighted by Gasteiger charge is -2.32. The Hall–Kier alpha value is -2.38. The van der Waals surface area contributed by atoms with Crippen molar-refractivity contribution in [2.24, 2.45) is 7.05 Å². The fourth-order valence-electron chi connectivity index (χ4n) is 3.82. The Bertz CT molecular complexity index is 711. The zero-order valence-electron chi connectivity index (χ0n) is 14.4. The summed E-state index contributed by atoms with van der Waals surface area (Å²) < 4.78 is 1.66. The lowest BCUT2D eigenvalue weighted by molar-refractivity contribution is -0.137. The number of hydrogen-bond acceptors (Lipinski definition) is 4. The lowest BCUT2D eigenvalue weighted by Crippen LogP contribution is -2.56. The second kappa shape index (κ2) is 6.16. The molecule has 3 heterocycles. The van der Waals surface area contributed by atoms with E-state index in [0.717, 1.165) is 19.3 Å². The highest BCUT2D eigenvalue weighted by Crippen LogP contribution is 2.34. The summed E-state index contributed by atoms with van der Waals surface area (Å²) in [4.78, 5) is 40.9. The molecule has 3 amide bonds. The van der Waals surface area contributed by atoms with Gasteiger partial charge in [-0.25, -0.2) is 0 Å². The molecule has 0 aromatic carbocycles. The van der Waals surface area contributed by atoms with E-state index in [1.807, 2.05) is 0 Å². The van der Waals surface area contributed by atoms with E-state index in [0.29, 0.717) is 31.6 Å². The molecule has 2 aliphatic heterocycles. The lowest BCUT2D eigenvalue weighted by atomic mass is 10.0. The van der Waals surface area contributed by atoms with E-state index in [1.165, 1.54) is 0 Å². The van der Waals surface area contributed by atoms with E-state index in [4.69, 9.17) is 0 Å². The normalized spacial score (nSPS) is 27.1. The molecule has 4 rings (SSSR count). The Kier molecular flexibility index (Phi) is 3.97. The number of amides is 3. The number of carbonyl (C=O) groups is 3. The van der Waals surface area contributed by atoms with Crippen LogP contribution in [0.1, 0.15) is 38.5 Å². The van der Waals surface area contributed by atoms with Gasteiger partial charge in [-0.2, -0.15) is 5.10 Å². The van der Waals surface area contributed by atoms with Gasteiger partial charge in [0.25, 0.3) is 5.91 Å². The van der Waals surface area contributed by atoms with Gasteiger partial charge >= 0.3 is 0 Å². The molecule has 2 saturated heterocycles. The highest BCUT2D eigenvalue weighted by Gasteiger charge is 2.45. The number of carbonyl (C=O) groups excluding carboxylic acids is 3. The van der Waals surface area contributed by atoms with Crippen molar-refractivity contribution >= 4 is 23.5 Å². The molecule has 1 aromatic heterocycles. The Labute approximate surface area is 146 Å². The molecule has 2 unspecified atom stereocenters. The Morgan fingerprint density at radius 3 is 2.72 bits per heavy atom. The maximum atomic E-state index is 12.8. The van der Waals surface area contributed by atoms with Gasteiger partial charge in [0, 0.05) is 38.3 Å². The first-order valence-corrected chi connectivity index (χ1v) is 8.97. The monoisotopic (exact) mass is 345 g/mol. The number of rotatable bonds is 4. The van der Waals surface area contributed by atoms with Crippen LogP contribution in [0.25, 0.3) is 0 Å². The van der Waals surface area contributed by atoms with Gasteiger partial charge in [0.2, 0.25) is 11.8 Å². The van der Waals surface area contributed by atoms with Crippen molar-refractivity contribution in [3.8, 4) is 0 Å². The molecule has 1 N–H and O–H groups in total. The number of anilines is 1. The zero-order chi connectivity index (χ0) is 17.6. The van der Waals surface area contributed by atoms with Crippen LogP contribution in [0.4, 0.5) is 5.82 Å². The number of nitrogens with one attached hydrogen (secondary N) is 1. The number of hydrogen-bond donors (Lipinski definition) is 1. The van der Waals surface area contributed by atoms with E-state index in [1.54, 1.807) is 33.8 Å². The molecule has 1 aliphatic carbocycles. The topological polar surface area (TPSA) is 87.5 Å². The van der Waals surface area contributed by atoms with Gasteiger partial charge < -0.3 is 10.2 Å². The molecule has 1 aromatic rings. The minimum atomic E-state index is -0.542. The fraction of sp³-hybridized carbons (Fsp3) is 0.647. The maximum Gasteiger partial charge on any atom is 0.250 e. The molecule has 0 spiro atoms. The number of likely N-dealkylation sites (tertiary alicyclic amines) is 1. The van der Waals surface area contributed by atoms with Crippen LogP contribution in [0.2, 0.25) is 0 Å². The average molecular weight is 345 g/mol. The third kappa shape index (κ3) is 3.01. The summed E-state index contributed by atoms with van der Waals surface area (Å²) in [5.41, 5.74) is 0. The summed E-state index contributed by atoms with van der Waals surface area (Å²) in [6.45, 7) is 0.609. The van der Waals surface area contributed by atoms with E-state index >= 15 is 0 Å². The third-order valence-corrected chi connectivity index (χ3v) is 5.23. The standard InChI is InChI=1S/C17H23N5O3/c1-20-10-8-14(19-20)21-9-2-3-12(17(21)25)18-16(24)13-6-7-15(23)22(13)11-4-5-11/h8,10-13H,2-7,9H2,1H3,(H,18,24). The number of nitrogens with zero attached hydrogens (tertiary/aromatic N) is 4. The van der Waals surface area contributed by atoms with E-state index in [9.17, 15) is 14.4 Å². The molecule has 0 radical (unpaired) electrons. The van der Waals surface area contributed by atoms with Crippen molar-refractivity contribution in [1.29, 1.82) is 0 Å². The van der Waals surface area contributed by atoms with Crippen LogP contribution in [-0.2, 0) is 21.4 Å². The van der Waals surface area contributed by atoms with Crippen LogP contribution < -0.4 is 10.2 Å². The smallest absolute Gasteiger partial charge is 0.250 e. The molecule has 8 nitrogen and oxygen atoms in total. The molecule has 1 saturated carbocycles. The first-order valence-electron chi connectivity index (χ1n) is 8.97. The highest BCUT2D eigenvalue weighted by molar-refractivity contribution is 6.00. The number of aryl methyl sites for hydroxylation is 1. The molecule has 134 valence electrons. The Morgan fingerprint density at radius 1 is 1.24 bits per heavy atom. The van der Waals surface area contributed by atoms with Crippen LogP contribution in [0, 0.1) is 0 Å². The van der Waals surface area contributed by atoms with Crippen LogP contribution in [0.3, 0.4) is 0 Å². The van der Waals surface area contributed by atoms with E-state index in [-0.39, 0.29) is 23.8 Å². The number of piperidine rings is 1. The molecular weight excluding hydrogens is 322 g/mol. The van der Waals surface area contributed by atoms with Gasteiger partial charge in [0.15, 0.2) is 5.82 Å². The molecule has 8 heteroatoms. The summed E-state index contributed by atoms with van der Waals surface area (Å²) >= 11 is 0. The second-order valence-corrected chi connectivity index (χ2v) is 7.13. The van der Waals surface area contributed by atoms with Gasteiger partial charge in [0.05, 0.1) is 0 Å². The summed E-state index contributed by atoms with van der Waals surface area (Å²) in [7, 11) is 1.81. The Morgan fingerprint density at radius 2 is 2.04 bits per heavy atom. The zero-order valence-corrected chi connectivity index (χ0v) is 14.4. The number of aromatic nitrogens is 2. The second-order valence-electron chi connectivity index (χ2n) is 7.13. The van der Waals surface area contributed by atoms with Crippen molar-refractivity contribution in [2.75, 3.05) is 11.4 Å².